The quantitative estimate of drug-likeness (QED) is 0.599. The Kier molecular flexibility index (Phi) is 2.17. The minimum absolute atomic E-state index is 0.121. The maximum Gasteiger partial charge on any atom is 0.291 e. The van der Waals surface area contributed by atoms with Gasteiger partial charge in [-0.05, 0) is 31.4 Å². The van der Waals surface area contributed by atoms with Crippen molar-refractivity contribution in [3.05, 3.63) is 14.5 Å². The van der Waals surface area contributed by atoms with Crippen LogP contribution in [0.5, 0.6) is 0 Å². The van der Waals surface area contributed by atoms with Gasteiger partial charge in [0.05, 0.1) is 0 Å². The third-order valence-corrected chi connectivity index (χ3v) is 3.97. The number of nitrogens with zero attached hydrogens (tertiary/aromatic N) is 2. The molecule has 0 atom stereocenters. The van der Waals surface area contributed by atoms with Crippen LogP contribution < -0.4 is 5.43 Å². The van der Waals surface area contributed by atoms with Gasteiger partial charge in [0.2, 0.25) is 5.11 Å². The van der Waals surface area contributed by atoms with Gasteiger partial charge >= 0.3 is 0 Å². The zero-order valence-electron chi connectivity index (χ0n) is 7.53. The van der Waals surface area contributed by atoms with Gasteiger partial charge in [0.15, 0.2) is 3.95 Å². The van der Waals surface area contributed by atoms with Crippen LogP contribution >= 0.6 is 35.8 Å². The van der Waals surface area contributed by atoms with Gasteiger partial charge < -0.3 is 4.57 Å². The number of hydrazine groups is 1. The van der Waals surface area contributed by atoms with Crippen molar-refractivity contribution in [3.63, 3.8) is 0 Å². The first-order valence-electron chi connectivity index (χ1n) is 3.84. The van der Waals surface area contributed by atoms with Crippen LogP contribution in [0.2, 0.25) is 0 Å². The Hall–Kier alpha value is -0.790. The van der Waals surface area contributed by atoms with E-state index in [-0.39, 0.29) is 5.91 Å². The highest BCUT2D eigenvalue weighted by atomic mass is 32.1. The second-order valence-corrected chi connectivity index (χ2v) is 4.93. The molecular weight excluding hydrogens is 238 g/mol. The van der Waals surface area contributed by atoms with Crippen molar-refractivity contribution in [1.29, 1.82) is 0 Å². The summed E-state index contributed by atoms with van der Waals surface area (Å²) in [6.45, 7) is 1.87. The fourth-order valence-corrected chi connectivity index (χ4v) is 2.51. The van der Waals surface area contributed by atoms with Crippen molar-refractivity contribution < 1.29 is 4.79 Å². The molecule has 1 aromatic heterocycles. The second-order valence-electron chi connectivity index (χ2n) is 2.90. The molecule has 0 unspecified atom stereocenters. The van der Waals surface area contributed by atoms with E-state index >= 15 is 0 Å². The summed E-state index contributed by atoms with van der Waals surface area (Å²) in [5.41, 5.74) is 3.54. The molecule has 2 heterocycles. The highest BCUT2D eigenvalue weighted by Crippen LogP contribution is 2.21. The van der Waals surface area contributed by atoms with Crippen molar-refractivity contribution in [3.8, 4) is 0 Å². The molecule has 0 aromatic carbocycles. The molecule has 74 valence electrons. The number of thiazole rings is 1. The predicted octanol–water partition coefficient (Wildman–Crippen LogP) is 1.37. The molecule has 1 fully saturated rings. The lowest BCUT2D eigenvalue weighted by molar-refractivity contribution is 0.0889. The highest BCUT2D eigenvalue weighted by Gasteiger charge is 2.34. The van der Waals surface area contributed by atoms with Crippen LogP contribution in [0, 0.1) is 10.9 Å². The van der Waals surface area contributed by atoms with Gasteiger partial charge in [-0.3, -0.25) is 10.2 Å². The molecular formula is C7H7N3OS3. The smallest absolute Gasteiger partial charge is 0.291 e. The lowest BCUT2D eigenvalue weighted by Gasteiger charge is -1.97. The SMILES string of the molecule is Cc1c(C(=O)N2NC2=S)sc(=S)n1C. The number of nitrogens with one attached hydrogen (secondary N) is 1. The summed E-state index contributed by atoms with van der Waals surface area (Å²) < 4.78 is 2.51. The Balaban J connectivity index is 2.42. The number of rotatable bonds is 1. The number of carbonyl (C=O) groups excluding carboxylic acids is 1. The number of amides is 1. The van der Waals surface area contributed by atoms with E-state index in [2.05, 4.69) is 5.43 Å². The van der Waals surface area contributed by atoms with E-state index in [1.807, 2.05) is 18.5 Å². The molecule has 4 nitrogen and oxygen atoms in total. The van der Waals surface area contributed by atoms with Crippen LogP contribution in [0.3, 0.4) is 0 Å². The van der Waals surface area contributed by atoms with E-state index in [1.54, 1.807) is 0 Å². The number of carbonyl (C=O) groups is 1. The second kappa shape index (κ2) is 3.11. The average molecular weight is 245 g/mol. The minimum atomic E-state index is -0.121. The number of aromatic nitrogens is 1. The van der Waals surface area contributed by atoms with E-state index in [9.17, 15) is 4.79 Å². The Morgan fingerprint density at radius 1 is 1.50 bits per heavy atom. The molecule has 0 saturated carbocycles. The number of hydrogen-bond donors (Lipinski definition) is 1. The first-order chi connectivity index (χ1) is 6.52. The lowest BCUT2D eigenvalue weighted by Crippen LogP contribution is -2.13. The van der Waals surface area contributed by atoms with Crippen LogP contribution in [0.15, 0.2) is 0 Å². The Labute approximate surface area is 95.1 Å². The topological polar surface area (TPSA) is 46.9 Å². The third kappa shape index (κ3) is 1.37. The van der Waals surface area contributed by atoms with Crippen LogP contribution in [0.4, 0.5) is 0 Å². The van der Waals surface area contributed by atoms with E-state index in [1.165, 1.54) is 16.3 Å². The maximum atomic E-state index is 11.7. The molecule has 7 heteroatoms. The van der Waals surface area contributed by atoms with Crippen LogP contribution in [0.1, 0.15) is 15.4 Å². The first-order valence-corrected chi connectivity index (χ1v) is 5.47. The fourth-order valence-electron chi connectivity index (χ4n) is 1.03. The molecule has 0 aliphatic carbocycles. The van der Waals surface area contributed by atoms with Gasteiger partial charge in [-0.15, -0.1) is 0 Å². The van der Waals surface area contributed by atoms with Crippen molar-refractivity contribution >= 4 is 46.8 Å². The molecule has 1 amide bonds. The number of thiocarbonyl (C=S) groups is 1. The van der Waals surface area contributed by atoms with E-state index in [4.69, 9.17) is 24.4 Å². The lowest BCUT2D eigenvalue weighted by atomic mass is 10.4. The molecule has 1 aromatic rings. The van der Waals surface area contributed by atoms with Crippen molar-refractivity contribution in [2.75, 3.05) is 0 Å². The summed E-state index contributed by atoms with van der Waals surface area (Å²) in [6.07, 6.45) is 0. The Morgan fingerprint density at radius 3 is 2.43 bits per heavy atom. The molecule has 0 spiro atoms. The van der Waals surface area contributed by atoms with Crippen molar-refractivity contribution in [1.82, 2.24) is 15.0 Å². The normalized spacial score (nSPS) is 14.1. The van der Waals surface area contributed by atoms with E-state index in [0.717, 1.165) is 5.69 Å². The molecule has 0 bridgehead atoms. The van der Waals surface area contributed by atoms with Gasteiger partial charge in [0.1, 0.15) is 4.88 Å². The van der Waals surface area contributed by atoms with Gasteiger partial charge in [-0.25, -0.2) is 0 Å². The molecule has 1 saturated heterocycles. The summed E-state index contributed by atoms with van der Waals surface area (Å²) >= 11 is 11.2. The predicted molar refractivity (Wildman–Crippen MR) is 60.8 cm³/mol. The maximum absolute atomic E-state index is 11.7. The molecule has 0 radical (unpaired) electrons. The van der Waals surface area contributed by atoms with Gasteiger partial charge in [-0.1, -0.05) is 11.3 Å². The fraction of sp³-hybridized carbons (Fsp3) is 0.286. The van der Waals surface area contributed by atoms with E-state index < -0.39 is 0 Å². The molecule has 2 rings (SSSR count). The molecule has 14 heavy (non-hydrogen) atoms. The van der Waals surface area contributed by atoms with Gasteiger partial charge in [0.25, 0.3) is 5.91 Å². The Bertz CT molecular complexity index is 487. The van der Waals surface area contributed by atoms with Crippen LogP contribution in [-0.2, 0) is 7.05 Å². The number of hydrogen-bond acceptors (Lipinski definition) is 4. The molecule has 1 N–H and O–H groups in total. The summed E-state index contributed by atoms with van der Waals surface area (Å²) in [7, 11) is 1.85. The van der Waals surface area contributed by atoms with Crippen molar-refractivity contribution in [2.24, 2.45) is 7.05 Å². The summed E-state index contributed by atoms with van der Waals surface area (Å²) in [4.78, 5) is 12.4. The Morgan fingerprint density at radius 2 is 2.07 bits per heavy atom. The summed E-state index contributed by atoms with van der Waals surface area (Å²) in [5, 5.41) is 1.81. The molecule has 1 aliphatic rings. The summed E-state index contributed by atoms with van der Waals surface area (Å²) in [6, 6.07) is 0. The van der Waals surface area contributed by atoms with Gasteiger partial charge in [0, 0.05) is 12.7 Å². The zero-order chi connectivity index (χ0) is 10.5. The minimum Gasteiger partial charge on any atom is -0.330 e. The van der Waals surface area contributed by atoms with Gasteiger partial charge in [-0.2, -0.15) is 5.01 Å². The zero-order valence-corrected chi connectivity index (χ0v) is 9.98. The molecule has 1 aliphatic heterocycles. The largest absolute Gasteiger partial charge is 0.330 e. The standard InChI is InChI=1S/C7H7N3OS3/c1-3-4(14-7(13)9(3)2)5(11)10-6(12)8-10/h1-2H3,(H,8,12). The first kappa shape index (κ1) is 9.75. The summed E-state index contributed by atoms with van der Waals surface area (Å²) in [5.74, 6) is -0.121. The third-order valence-electron chi connectivity index (χ3n) is 2.05. The van der Waals surface area contributed by atoms with Crippen LogP contribution in [-0.4, -0.2) is 20.6 Å². The van der Waals surface area contributed by atoms with Crippen LogP contribution in [0.25, 0.3) is 0 Å². The highest BCUT2D eigenvalue weighted by molar-refractivity contribution is 7.80. The van der Waals surface area contributed by atoms with Crippen molar-refractivity contribution in [2.45, 2.75) is 6.92 Å². The van der Waals surface area contributed by atoms with E-state index in [0.29, 0.717) is 13.9 Å². The average Bonchev–Trinajstić information content (AvgIpc) is 2.82. The monoisotopic (exact) mass is 245 g/mol.